The van der Waals surface area contributed by atoms with E-state index in [0.717, 1.165) is 0 Å². The molecule has 1 saturated carbocycles. The average Bonchev–Trinajstić information content (AvgIpc) is 2.64. The number of phenols is 1. The van der Waals surface area contributed by atoms with Crippen LogP contribution in [0.2, 0.25) is 5.02 Å². The number of nitrogens with one attached hydrogen (secondary N) is 1. The number of anilines is 1. The Bertz CT molecular complexity index is 479. The van der Waals surface area contributed by atoms with E-state index in [1.54, 1.807) is 0 Å². The van der Waals surface area contributed by atoms with Gasteiger partial charge in [-0.15, -0.1) is 0 Å². The summed E-state index contributed by atoms with van der Waals surface area (Å²) in [5.74, 6) is -3.95. The standard InChI is InChI=1S/C12H12ClF2NO2/c13-9-5-8(1-2-10(9)17)16-11(18)7-3-4-12(14,15)6-7/h1-2,5,7,17H,3-4,6H2,(H,16,18). The lowest BCUT2D eigenvalue weighted by atomic mass is 10.1. The molecule has 0 saturated heterocycles. The van der Waals surface area contributed by atoms with Crippen LogP contribution in [0, 0.1) is 5.92 Å². The molecule has 1 aromatic carbocycles. The molecular weight excluding hydrogens is 264 g/mol. The summed E-state index contributed by atoms with van der Waals surface area (Å²) in [4.78, 5) is 11.7. The molecule has 2 N–H and O–H groups in total. The highest BCUT2D eigenvalue weighted by atomic mass is 35.5. The molecule has 0 aliphatic heterocycles. The van der Waals surface area contributed by atoms with Gasteiger partial charge in [0.2, 0.25) is 11.8 Å². The van der Waals surface area contributed by atoms with Gasteiger partial charge in [-0.3, -0.25) is 4.79 Å². The molecule has 0 aromatic heterocycles. The molecule has 1 unspecified atom stereocenters. The number of amides is 1. The van der Waals surface area contributed by atoms with Crippen LogP contribution in [0.1, 0.15) is 19.3 Å². The maximum atomic E-state index is 13.0. The third kappa shape index (κ3) is 2.90. The van der Waals surface area contributed by atoms with Gasteiger partial charge >= 0.3 is 0 Å². The molecule has 0 spiro atoms. The first-order chi connectivity index (χ1) is 8.37. The van der Waals surface area contributed by atoms with E-state index >= 15 is 0 Å². The predicted molar refractivity (Wildman–Crippen MR) is 64.0 cm³/mol. The number of aromatic hydroxyl groups is 1. The molecule has 3 nitrogen and oxygen atoms in total. The zero-order valence-corrected chi connectivity index (χ0v) is 10.2. The third-order valence-corrected chi connectivity index (χ3v) is 3.29. The normalized spacial score (nSPS) is 21.8. The molecule has 0 heterocycles. The Morgan fingerprint density at radius 1 is 1.50 bits per heavy atom. The van der Waals surface area contributed by atoms with Gasteiger partial charge in [-0.1, -0.05) is 11.6 Å². The number of benzene rings is 1. The molecular formula is C12H12ClF2NO2. The van der Waals surface area contributed by atoms with E-state index in [2.05, 4.69) is 5.32 Å². The molecule has 98 valence electrons. The van der Waals surface area contributed by atoms with Crippen molar-refractivity contribution in [3.63, 3.8) is 0 Å². The number of rotatable bonds is 2. The van der Waals surface area contributed by atoms with Crippen molar-refractivity contribution < 1.29 is 18.7 Å². The van der Waals surface area contributed by atoms with Crippen LogP contribution in [-0.4, -0.2) is 16.9 Å². The predicted octanol–water partition coefficient (Wildman–Crippen LogP) is 3.42. The first kappa shape index (κ1) is 13.1. The Morgan fingerprint density at radius 3 is 2.78 bits per heavy atom. The van der Waals surface area contributed by atoms with E-state index < -0.39 is 24.2 Å². The minimum Gasteiger partial charge on any atom is -0.506 e. The largest absolute Gasteiger partial charge is 0.506 e. The van der Waals surface area contributed by atoms with Crippen molar-refractivity contribution in [1.29, 1.82) is 0 Å². The fourth-order valence-corrected chi connectivity index (χ4v) is 2.18. The number of alkyl halides is 2. The molecule has 1 aromatic rings. The molecule has 2 rings (SSSR count). The van der Waals surface area contributed by atoms with Crippen molar-refractivity contribution in [1.82, 2.24) is 0 Å². The van der Waals surface area contributed by atoms with Gasteiger partial charge in [0.15, 0.2) is 0 Å². The van der Waals surface area contributed by atoms with E-state index in [0.29, 0.717) is 5.69 Å². The van der Waals surface area contributed by atoms with Gasteiger partial charge in [0, 0.05) is 24.4 Å². The summed E-state index contributed by atoms with van der Waals surface area (Å²) in [5.41, 5.74) is 0.387. The van der Waals surface area contributed by atoms with Crippen LogP contribution in [0.4, 0.5) is 14.5 Å². The number of phenolic OH excluding ortho intramolecular Hbond substituents is 1. The molecule has 0 radical (unpaired) electrons. The first-order valence-electron chi connectivity index (χ1n) is 5.54. The van der Waals surface area contributed by atoms with Crippen LogP contribution < -0.4 is 5.32 Å². The lowest BCUT2D eigenvalue weighted by Crippen LogP contribution is -2.22. The van der Waals surface area contributed by atoms with Crippen molar-refractivity contribution >= 4 is 23.2 Å². The van der Waals surface area contributed by atoms with Crippen LogP contribution in [0.3, 0.4) is 0 Å². The zero-order valence-electron chi connectivity index (χ0n) is 9.42. The smallest absolute Gasteiger partial charge is 0.248 e. The minimum atomic E-state index is -2.74. The molecule has 6 heteroatoms. The van der Waals surface area contributed by atoms with E-state index in [1.807, 2.05) is 0 Å². The quantitative estimate of drug-likeness (QED) is 0.813. The van der Waals surface area contributed by atoms with Crippen molar-refractivity contribution in [2.75, 3.05) is 5.32 Å². The summed E-state index contributed by atoms with van der Waals surface area (Å²) in [6, 6.07) is 4.18. The van der Waals surface area contributed by atoms with Crippen molar-refractivity contribution in [3.8, 4) is 5.75 Å². The molecule has 0 bridgehead atoms. The number of halogens is 3. The second-order valence-corrected chi connectivity index (χ2v) is 4.86. The summed E-state index contributed by atoms with van der Waals surface area (Å²) in [5, 5.41) is 11.8. The fourth-order valence-electron chi connectivity index (χ4n) is 2.00. The number of carbonyl (C=O) groups excluding carboxylic acids is 1. The molecule has 18 heavy (non-hydrogen) atoms. The summed E-state index contributed by atoms with van der Waals surface area (Å²) < 4.78 is 26.0. The Hall–Kier alpha value is -1.36. The van der Waals surface area contributed by atoms with E-state index in [1.165, 1.54) is 18.2 Å². The van der Waals surface area contributed by atoms with Crippen molar-refractivity contribution in [2.45, 2.75) is 25.2 Å². The number of hydrogen-bond acceptors (Lipinski definition) is 2. The lowest BCUT2D eigenvalue weighted by molar-refractivity contribution is -0.120. The Labute approximate surface area is 108 Å². The minimum absolute atomic E-state index is 0.0953. The highest BCUT2D eigenvalue weighted by Gasteiger charge is 2.42. The monoisotopic (exact) mass is 275 g/mol. The van der Waals surface area contributed by atoms with Crippen molar-refractivity contribution in [3.05, 3.63) is 23.2 Å². The summed E-state index contributed by atoms with van der Waals surface area (Å²) >= 11 is 5.68. The van der Waals surface area contributed by atoms with Gasteiger partial charge in [-0.25, -0.2) is 8.78 Å². The van der Waals surface area contributed by atoms with Crippen LogP contribution in [0.15, 0.2) is 18.2 Å². The SMILES string of the molecule is O=C(Nc1ccc(O)c(Cl)c1)C1CCC(F)(F)C1. The Morgan fingerprint density at radius 2 is 2.22 bits per heavy atom. The van der Waals surface area contributed by atoms with Gasteiger partial charge in [0.1, 0.15) is 5.75 Å². The van der Waals surface area contributed by atoms with Crippen molar-refractivity contribution in [2.24, 2.45) is 5.92 Å². The highest BCUT2D eigenvalue weighted by Crippen LogP contribution is 2.39. The first-order valence-corrected chi connectivity index (χ1v) is 5.92. The summed E-state index contributed by atoms with van der Waals surface area (Å²) in [6.45, 7) is 0. The number of carbonyl (C=O) groups is 1. The Balaban J connectivity index is 2.01. The fraction of sp³-hybridized carbons (Fsp3) is 0.417. The summed E-state index contributed by atoms with van der Waals surface area (Å²) in [7, 11) is 0. The molecule has 1 aliphatic rings. The second-order valence-electron chi connectivity index (χ2n) is 4.45. The number of hydrogen-bond donors (Lipinski definition) is 2. The zero-order chi connectivity index (χ0) is 13.3. The molecule has 1 aliphatic carbocycles. The average molecular weight is 276 g/mol. The molecule has 1 fully saturated rings. The maximum Gasteiger partial charge on any atom is 0.248 e. The van der Waals surface area contributed by atoms with Crippen LogP contribution in [0.5, 0.6) is 5.75 Å². The topological polar surface area (TPSA) is 49.3 Å². The van der Waals surface area contributed by atoms with Gasteiger partial charge in [0.25, 0.3) is 0 Å². The Kier molecular flexibility index (Phi) is 3.43. The van der Waals surface area contributed by atoms with E-state index in [-0.39, 0.29) is 23.6 Å². The third-order valence-electron chi connectivity index (χ3n) is 2.99. The second kappa shape index (κ2) is 4.72. The maximum absolute atomic E-state index is 13.0. The molecule has 1 amide bonds. The lowest BCUT2D eigenvalue weighted by Gasteiger charge is -2.11. The van der Waals surface area contributed by atoms with Gasteiger partial charge in [-0.2, -0.15) is 0 Å². The van der Waals surface area contributed by atoms with Crippen LogP contribution in [-0.2, 0) is 4.79 Å². The van der Waals surface area contributed by atoms with Gasteiger partial charge < -0.3 is 10.4 Å². The van der Waals surface area contributed by atoms with E-state index in [4.69, 9.17) is 11.6 Å². The highest BCUT2D eigenvalue weighted by molar-refractivity contribution is 6.32. The van der Waals surface area contributed by atoms with E-state index in [9.17, 15) is 18.7 Å². The van der Waals surface area contributed by atoms with Crippen LogP contribution >= 0.6 is 11.6 Å². The molecule has 1 atom stereocenters. The van der Waals surface area contributed by atoms with Crippen LogP contribution in [0.25, 0.3) is 0 Å². The van der Waals surface area contributed by atoms with Gasteiger partial charge in [0.05, 0.1) is 5.02 Å². The van der Waals surface area contributed by atoms with Gasteiger partial charge in [-0.05, 0) is 24.6 Å². The summed E-state index contributed by atoms with van der Waals surface area (Å²) in [6.07, 6.45) is -0.475.